The number of rotatable bonds is 4. The summed E-state index contributed by atoms with van der Waals surface area (Å²) in [4.78, 5) is 11.9. The maximum atomic E-state index is 11.9. The molecule has 2 rings (SSSR count). The minimum atomic E-state index is -0.0664. The van der Waals surface area contributed by atoms with Crippen LogP contribution in [0.25, 0.3) is 0 Å². The normalized spacial score (nSPS) is 10.6. The number of carbonyl (C=O) groups excluding carboxylic acids is 1. The first-order valence-corrected chi connectivity index (χ1v) is 6.90. The summed E-state index contributed by atoms with van der Waals surface area (Å²) in [5.41, 5.74) is 3.74. The van der Waals surface area contributed by atoms with Crippen LogP contribution in [0.5, 0.6) is 0 Å². The van der Waals surface area contributed by atoms with E-state index in [4.69, 9.17) is 11.6 Å². The number of hydrogen-bond donors (Lipinski definition) is 1. The lowest BCUT2D eigenvalue weighted by molar-refractivity contribution is -0.116. The Morgan fingerprint density at radius 2 is 2.05 bits per heavy atom. The van der Waals surface area contributed by atoms with Crippen LogP contribution in [0.15, 0.2) is 24.3 Å². The number of amides is 1. The molecule has 1 aromatic carbocycles. The molecule has 0 fully saturated rings. The van der Waals surface area contributed by atoms with E-state index < -0.39 is 0 Å². The molecule has 1 amide bonds. The quantitative estimate of drug-likeness (QED) is 0.937. The summed E-state index contributed by atoms with van der Waals surface area (Å²) < 4.78 is 1.84. The van der Waals surface area contributed by atoms with Crippen LogP contribution in [0.4, 0.5) is 5.69 Å². The highest BCUT2D eigenvalue weighted by molar-refractivity contribution is 6.33. The molecular formula is C15H18ClN3O. The molecule has 2 aromatic rings. The van der Waals surface area contributed by atoms with Gasteiger partial charge in [0.05, 0.1) is 16.4 Å². The van der Waals surface area contributed by atoms with Gasteiger partial charge in [0.15, 0.2) is 0 Å². The van der Waals surface area contributed by atoms with Gasteiger partial charge >= 0.3 is 0 Å². The van der Waals surface area contributed by atoms with Gasteiger partial charge in [-0.3, -0.25) is 9.48 Å². The molecule has 0 bridgehead atoms. The molecule has 0 aliphatic heterocycles. The Balaban J connectivity index is 1.94. The maximum Gasteiger partial charge on any atom is 0.226 e. The predicted octanol–water partition coefficient (Wildman–Crippen LogP) is 3.49. The summed E-state index contributed by atoms with van der Waals surface area (Å²) in [5, 5.41) is 7.71. The fraction of sp³-hybridized carbons (Fsp3) is 0.333. The largest absolute Gasteiger partial charge is 0.325 e. The molecule has 0 radical (unpaired) electrons. The summed E-state index contributed by atoms with van der Waals surface area (Å²) in [6.07, 6.45) is 0.367. The zero-order valence-corrected chi connectivity index (χ0v) is 12.7. The lowest BCUT2D eigenvalue weighted by atomic mass is 10.2. The van der Waals surface area contributed by atoms with E-state index in [0.29, 0.717) is 23.7 Å². The molecule has 0 saturated carbocycles. The molecule has 0 aliphatic rings. The van der Waals surface area contributed by atoms with Gasteiger partial charge in [-0.15, -0.1) is 0 Å². The van der Waals surface area contributed by atoms with Crippen LogP contribution in [0.2, 0.25) is 5.02 Å². The number of nitrogens with one attached hydrogen (secondary N) is 1. The Bertz CT molecular complexity index is 634. The molecule has 0 spiro atoms. The monoisotopic (exact) mass is 291 g/mol. The van der Waals surface area contributed by atoms with E-state index in [9.17, 15) is 4.79 Å². The first kappa shape index (κ1) is 14.6. The minimum Gasteiger partial charge on any atom is -0.325 e. The minimum absolute atomic E-state index is 0.0664. The van der Waals surface area contributed by atoms with E-state index in [0.717, 1.165) is 17.0 Å². The Morgan fingerprint density at radius 1 is 1.30 bits per heavy atom. The van der Waals surface area contributed by atoms with Crippen molar-refractivity contribution >= 4 is 23.2 Å². The van der Waals surface area contributed by atoms with Crippen molar-refractivity contribution in [2.75, 3.05) is 5.32 Å². The molecule has 1 aromatic heterocycles. The zero-order chi connectivity index (χ0) is 14.7. The maximum absolute atomic E-state index is 11.9. The summed E-state index contributed by atoms with van der Waals surface area (Å²) in [6.45, 7) is 6.44. The van der Waals surface area contributed by atoms with E-state index in [-0.39, 0.29) is 5.91 Å². The van der Waals surface area contributed by atoms with Gasteiger partial charge in [0.2, 0.25) is 5.91 Å². The third kappa shape index (κ3) is 3.61. The van der Waals surface area contributed by atoms with Crippen LogP contribution in [0.3, 0.4) is 0 Å². The van der Waals surface area contributed by atoms with Gasteiger partial charge < -0.3 is 5.32 Å². The van der Waals surface area contributed by atoms with Crippen LogP contribution < -0.4 is 5.32 Å². The van der Waals surface area contributed by atoms with Gasteiger partial charge in [0.1, 0.15) is 0 Å². The number of carbonyl (C=O) groups is 1. The lowest BCUT2D eigenvalue weighted by Crippen LogP contribution is -2.15. The number of nitrogens with zero attached hydrogens (tertiary/aromatic N) is 2. The van der Waals surface area contributed by atoms with Crippen molar-refractivity contribution in [1.29, 1.82) is 0 Å². The van der Waals surface area contributed by atoms with Crippen LogP contribution in [-0.2, 0) is 11.3 Å². The summed E-state index contributed by atoms with van der Waals surface area (Å²) >= 11 is 6.09. The second-order valence-electron chi connectivity index (χ2n) is 4.93. The second kappa shape index (κ2) is 6.09. The predicted molar refractivity (Wildman–Crippen MR) is 81.1 cm³/mol. The lowest BCUT2D eigenvalue weighted by Gasteiger charge is -2.08. The second-order valence-corrected chi connectivity index (χ2v) is 5.34. The number of benzene rings is 1. The Morgan fingerprint density at radius 3 is 2.65 bits per heavy atom. The third-order valence-electron chi connectivity index (χ3n) is 3.05. The SMILES string of the molecule is Cc1ccc(NC(=O)CCn2nc(C)cc2C)c(Cl)c1. The number of halogens is 1. The van der Waals surface area contributed by atoms with Crippen molar-refractivity contribution in [2.45, 2.75) is 33.7 Å². The topological polar surface area (TPSA) is 46.9 Å². The average Bonchev–Trinajstić information content (AvgIpc) is 2.69. The molecule has 0 saturated heterocycles. The molecule has 106 valence electrons. The molecule has 5 heteroatoms. The van der Waals surface area contributed by atoms with Crippen LogP contribution >= 0.6 is 11.6 Å². The van der Waals surface area contributed by atoms with Gasteiger partial charge in [-0.25, -0.2) is 0 Å². The zero-order valence-electron chi connectivity index (χ0n) is 11.9. The van der Waals surface area contributed by atoms with Gasteiger partial charge in [0.25, 0.3) is 0 Å². The molecule has 4 nitrogen and oxygen atoms in total. The summed E-state index contributed by atoms with van der Waals surface area (Å²) in [6, 6.07) is 7.56. The molecule has 0 aliphatic carbocycles. The Hall–Kier alpha value is -1.81. The van der Waals surface area contributed by atoms with Crippen LogP contribution in [-0.4, -0.2) is 15.7 Å². The smallest absolute Gasteiger partial charge is 0.226 e. The van der Waals surface area contributed by atoms with Gasteiger partial charge in [-0.05, 0) is 44.5 Å². The van der Waals surface area contributed by atoms with Crippen LogP contribution in [0.1, 0.15) is 23.4 Å². The number of anilines is 1. The van der Waals surface area contributed by atoms with E-state index >= 15 is 0 Å². The van der Waals surface area contributed by atoms with Crippen molar-refractivity contribution in [2.24, 2.45) is 0 Å². The van der Waals surface area contributed by atoms with Crippen molar-refractivity contribution < 1.29 is 4.79 Å². The standard InChI is InChI=1S/C15H18ClN3O/c1-10-4-5-14(13(16)8-10)17-15(20)6-7-19-12(3)9-11(2)18-19/h4-5,8-9H,6-7H2,1-3H3,(H,17,20). The first-order valence-electron chi connectivity index (χ1n) is 6.53. The van der Waals surface area contributed by atoms with E-state index in [2.05, 4.69) is 10.4 Å². The van der Waals surface area contributed by atoms with Crippen molar-refractivity contribution in [1.82, 2.24) is 9.78 Å². The van der Waals surface area contributed by atoms with Crippen molar-refractivity contribution in [3.8, 4) is 0 Å². The fourth-order valence-electron chi connectivity index (χ4n) is 2.04. The molecule has 0 unspecified atom stereocenters. The number of aromatic nitrogens is 2. The van der Waals surface area contributed by atoms with Gasteiger partial charge in [0, 0.05) is 18.7 Å². The highest BCUT2D eigenvalue weighted by Crippen LogP contribution is 2.22. The van der Waals surface area contributed by atoms with E-state index in [1.807, 2.05) is 49.7 Å². The number of aryl methyl sites for hydroxylation is 4. The van der Waals surface area contributed by atoms with E-state index in [1.54, 1.807) is 0 Å². The van der Waals surface area contributed by atoms with Gasteiger partial charge in [-0.2, -0.15) is 5.10 Å². The molecule has 0 atom stereocenters. The molecule has 1 N–H and O–H groups in total. The molecule has 20 heavy (non-hydrogen) atoms. The highest BCUT2D eigenvalue weighted by atomic mass is 35.5. The third-order valence-corrected chi connectivity index (χ3v) is 3.37. The Kier molecular flexibility index (Phi) is 4.45. The number of hydrogen-bond acceptors (Lipinski definition) is 2. The average molecular weight is 292 g/mol. The highest BCUT2D eigenvalue weighted by Gasteiger charge is 2.08. The van der Waals surface area contributed by atoms with Gasteiger partial charge in [-0.1, -0.05) is 17.7 Å². The van der Waals surface area contributed by atoms with Crippen molar-refractivity contribution in [3.05, 3.63) is 46.2 Å². The van der Waals surface area contributed by atoms with Crippen LogP contribution in [0, 0.1) is 20.8 Å². The molecule has 1 heterocycles. The van der Waals surface area contributed by atoms with E-state index in [1.165, 1.54) is 0 Å². The summed E-state index contributed by atoms with van der Waals surface area (Å²) in [5.74, 6) is -0.0664. The summed E-state index contributed by atoms with van der Waals surface area (Å²) in [7, 11) is 0. The first-order chi connectivity index (χ1) is 9.45. The Labute approximate surface area is 123 Å². The fourth-order valence-corrected chi connectivity index (χ4v) is 2.33. The van der Waals surface area contributed by atoms with Crippen molar-refractivity contribution in [3.63, 3.8) is 0 Å². The molecular weight excluding hydrogens is 274 g/mol.